The highest BCUT2D eigenvalue weighted by atomic mass is 19.1. The van der Waals surface area contributed by atoms with Crippen LogP contribution in [0.25, 0.3) is 0 Å². The third-order valence-electron chi connectivity index (χ3n) is 3.39. The molecule has 21 heavy (non-hydrogen) atoms. The molecule has 2 aromatic rings. The molecule has 5 heteroatoms. The van der Waals surface area contributed by atoms with Gasteiger partial charge in [0.25, 0.3) is 0 Å². The van der Waals surface area contributed by atoms with Gasteiger partial charge in [0.1, 0.15) is 17.4 Å². The first-order valence-electron chi connectivity index (χ1n) is 6.71. The van der Waals surface area contributed by atoms with E-state index >= 15 is 0 Å². The Morgan fingerprint density at radius 3 is 2.52 bits per heavy atom. The number of aliphatic imine (C=N–C) groups is 1. The molecule has 1 aromatic carbocycles. The van der Waals surface area contributed by atoms with Gasteiger partial charge < -0.3 is 10.1 Å². The standard InChI is InChI=1S/C16H16FN3O/c1-9-4-11(5-10(2)19-9)16-18-8-13-14(20-16)6-12(17)7-15(13)21-3/h4-7H,8H2,1-3H3,(H,18,20). The average Bonchev–Trinajstić information content (AvgIpc) is 2.44. The lowest BCUT2D eigenvalue weighted by Crippen LogP contribution is -2.27. The number of aryl methyl sites for hydroxylation is 2. The van der Waals surface area contributed by atoms with Crippen LogP contribution >= 0.6 is 0 Å². The fourth-order valence-corrected chi connectivity index (χ4v) is 2.53. The van der Waals surface area contributed by atoms with Crippen LogP contribution in [0.4, 0.5) is 10.1 Å². The summed E-state index contributed by atoms with van der Waals surface area (Å²) in [6.45, 7) is 4.44. The second-order valence-corrected chi connectivity index (χ2v) is 5.06. The number of ether oxygens (including phenoxy) is 1. The molecule has 0 amide bonds. The van der Waals surface area contributed by atoms with Crippen LogP contribution in [0.15, 0.2) is 29.3 Å². The number of aromatic nitrogens is 1. The topological polar surface area (TPSA) is 46.5 Å². The van der Waals surface area contributed by atoms with E-state index in [1.807, 2.05) is 26.0 Å². The van der Waals surface area contributed by atoms with Crippen LogP contribution in [-0.4, -0.2) is 17.9 Å². The Morgan fingerprint density at radius 2 is 1.86 bits per heavy atom. The SMILES string of the molecule is COc1cc(F)cc2c1CNC(c1cc(C)nc(C)c1)=N2. The molecule has 0 saturated carbocycles. The van der Waals surface area contributed by atoms with E-state index in [0.717, 1.165) is 28.4 Å². The summed E-state index contributed by atoms with van der Waals surface area (Å²) in [5.41, 5.74) is 4.28. The average molecular weight is 285 g/mol. The Balaban J connectivity index is 2.09. The highest BCUT2D eigenvalue weighted by molar-refractivity contribution is 6.01. The van der Waals surface area contributed by atoms with Crippen LogP contribution in [0.1, 0.15) is 22.5 Å². The number of nitrogens with zero attached hydrogens (tertiary/aromatic N) is 2. The summed E-state index contributed by atoms with van der Waals surface area (Å²) < 4.78 is 18.8. The summed E-state index contributed by atoms with van der Waals surface area (Å²) in [6, 6.07) is 6.72. The molecular formula is C16H16FN3O. The molecule has 4 nitrogen and oxygen atoms in total. The van der Waals surface area contributed by atoms with Crippen LogP contribution in [0.3, 0.4) is 0 Å². The monoisotopic (exact) mass is 285 g/mol. The number of methoxy groups -OCH3 is 1. The predicted octanol–water partition coefficient (Wildman–Crippen LogP) is 3.03. The van der Waals surface area contributed by atoms with Gasteiger partial charge in [-0.2, -0.15) is 0 Å². The van der Waals surface area contributed by atoms with Crippen molar-refractivity contribution in [2.24, 2.45) is 4.99 Å². The Bertz CT molecular complexity index is 720. The Hall–Kier alpha value is -2.43. The Morgan fingerprint density at radius 1 is 1.14 bits per heavy atom. The second kappa shape index (κ2) is 5.16. The minimum absolute atomic E-state index is 0.349. The van der Waals surface area contributed by atoms with Gasteiger partial charge in [-0.3, -0.25) is 4.98 Å². The van der Waals surface area contributed by atoms with Crippen LogP contribution < -0.4 is 10.1 Å². The van der Waals surface area contributed by atoms with Gasteiger partial charge in [0.2, 0.25) is 0 Å². The largest absolute Gasteiger partial charge is 0.496 e. The number of rotatable bonds is 2. The molecule has 0 fully saturated rings. The highest BCUT2D eigenvalue weighted by Gasteiger charge is 2.18. The molecule has 1 aliphatic rings. The number of hydrogen-bond donors (Lipinski definition) is 1. The van der Waals surface area contributed by atoms with Crippen molar-refractivity contribution in [1.29, 1.82) is 0 Å². The summed E-state index contributed by atoms with van der Waals surface area (Å²) in [6.07, 6.45) is 0. The van der Waals surface area contributed by atoms with Crippen LogP contribution in [0.5, 0.6) is 5.75 Å². The van der Waals surface area contributed by atoms with Crippen molar-refractivity contribution in [1.82, 2.24) is 10.3 Å². The maximum atomic E-state index is 13.6. The van der Waals surface area contributed by atoms with E-state index < -0.39 is 0 Å². The van der Waals surface area contributed by atoms with Gasteiger partial charge in [-0.05, 0) is 26.0 Å². The number of pyridine rings is 1. The highest BCUT2D eigenvalue weighted by Crippen LogP contribution is 2.32. The first-order chi connectivity index (χ1) is 10.1. The molecule has 108 valence electrons. The zero-order valence-electron chi connectivity index (χ0n) is 12.2. The van der Waals surface area contributed by atoms with Gasteiger partial charge in [-0.15, -0.1) is 0 Å². The van der Waals surface area contributed by atoms with Gasteiger partial charge in [-0.25, -0.2) is 9.38 Å². The molecule has 1 aromatic heterocycles. The molecule has 2 heterocycles. The first kappa shape index (κ1) is 13.5. The smallest absolute Gasteiger partial charge is 0.134 e. The van der Waals surface area contributed by atoms with Gasteiger partial charge in [-0.1, -0.05) is 0 Å². The molecule has 0 bridgehead atoms. The van der Waals surface area contributed by atoms with E-state index in [2.05, 4.69) is 15.3 Å². The second-order valence-electron chi connectivity index (χ2n) is 5.06. The minimum atomic E-state index is -0.349. The van der Waals surface area contributed by atoms with E-state index in [1.54, 1.807) is 0 Å². The van der Waals surface area contributed by atoms with Gasteiger partial charge in [0.05, 0.1) is 12.8 Å². The van der Waals surface area contributed by atoms with E-state index in [9.17, 15) is 4.39 Å². The minimum Gasteiger partial charge on any atom is -0.496 e. The Labute approximate surface area is 122 Å². The van der Waals surface area contributed by atoms with Crippen LogP contribution in [0.2, 0.25) is 0 Å². The summed E-state index contributed by atoms with van der Waals surface area (Å²) >= 11 is 0. The molecular weight excluding hydrogens is 269 g/mol. The molecule has 0 spiro atoms. The molecule has 0 atom stereocenters. The molecule has 1 N–H and O–H groups in total. The van der Waals surface area contributed by atoms with Crippen molar-refractivity contribution in [2.45, 2.75) is 20.4 Å². The lowest BCUT2D eigenvalue weighted by atomic mass is 10.1. The van der Waals surface area contributed by atoms with Crippen molar-refractivity contribution in [3.05, 3.63) is 52.6 Å². The number of amidine groups is 1. The third kappa shape index (κ3) is 2.59. The van der Waals surface area contributed by atoms with E-state index in [4.69, 9.17) is 4.74 Å². The number of fused-ring (bicyclic) bond motifs is 1. The van der Waals surface area contributed by atoms with E-state index in [0.29, 0.717) is 18.0 Å². The van der Waals surface area contributed by atoms with Crippen molar-refractivity contribution < 1.29 is 9.13 Å². The zero-order valence-corrected chi connectivity index (χ0v) is 12.2. The number of nitrogens with one attached hydrogen (secondary N) is 1. The van der Waals surface area contributed by atoms with Gasteiger partial charge in [0, 0.05) is 41.2 Å². The van der Waals surface area contributed by atoms with E-state index in [-0.39, 0.29) is 5.82 Å². The third-order valence-corrected chi connectivity index (χ3v) is 3.39. The number of halogens is 1. The summed E-state index contributed by atoms with van der Waals surface area (Å²) in [5.74, 6) is 0.892. The zero-order chi connectivity index (χ0) is 15.0. The van der Waals surface area contributed by atoms with Crippen LogP contribution in [-0.2, 0) is 6.54 Å². The fraction of sp³-hybridized carbons (Fsp3) is 0.250. The lowest BCUT2D eigenvalue weighted by molar-refractivity contribution is 0.405. The normalized spacial score (nSPS) is 13.2. The quantitative estimate of drug-likeness (QED) is 0.922. The molecule has 3 rings (SSSR count). The summed E-state index contributed by atoms with van der Waals surface area (Å²) in [4.78, 5) is 8.88. The Kier molecular flexibility index (Phi) is 3.33. The maximum Gasteiger partial charge on any atom is 0.134 e. The first-order valence-corrected chi connectivity index (χ1v) is 6.71. The van der Waals surface area contributed by atoms with Crippen LogP contribution in [0, 0.1) is 19.7 Å². The van der Waals surface area contributed by atoms with E-state index in [1.165, 1.54) is 19.2 Å². The molecule has 0 saturated heterocycles. The number of benzene rings is 1. The molecule has 0 unspecified atom stereocenters. The summed E-state index contributed by atoms with van der Waals surface area (Å²) in [5, 5.41) is 3.26. The summed E-state index contributed by atoms with van der Waals surface area (Å²) in [7, 11) is 1.53. The lowest BCUT2D eigenvalue weighted by Gasteiger charge is -2.20. The fourth-order valence-electron chi connectivity index (χ4n) is 2.53. The maximum absolute atomic E-state index is 13.6. The van der Waals surface area contributed by atoms with Crippen molar-refractivity contribution >= 4 is 11.5 Å². The van der Waals surface area contributed by atoms with Crippen molar-refractivity contribution in [2.75, 3.05) is 7.11 Å². The molecule has 1 aliphatic heterocycles. The predicted molar refractivity (Wildman–Crippen MR) is 79.7 cm³/mol. The van der Waals surface area contributed by atoms with Crippen molar-refractivity contribution in [3.8, 4) is 5.75 Å². The molecule has 0 aliphatic carbocycles. The van der Waals surface area contributed by atoms with Crippen molar-refractivity contribution in [3.63, 3.8) is 0 Å². The molecule has 0 radical (unpaired) electrons. The van der Waals surface area contributed by atoms with Gasteiger partial charge in [0.15, 0.2) is 0 Å². The number of hydrogen-bond acceptors (Lipinski definition) is 4. The van der Waals surface area contributed by atoms with Gasteiger partial charge >= 0.3 is 0 Å².